The summed E-state index contributed by atoms with van der Waals surface area (Å²) in [5.41, 5.74) is 0. The Kier molecular flexibility index (Phi) is 4.57. The SMILES string of the molecule is CS(=O)(=O)O[C@H]1C[C@@H](C(=O)O)N(S(=O)(=O)c2ccccc2)C1. The first-order valence-corrected chi connectivity index (χ1v) is 9.55. The van der Waals surface area contributed by atoms with Gasteiger partial charge in [0.25, 0.3) is 10.1 Å². The molecule has 2 atom stereocenters. The van der Waals surface area contributed by atoms with Crippen molar-refractivity contribution < 1.29 is 30.9 Å². The normalized spacial score (nSPS) is 23.5. The van der Waals surface area contributed by atoms with Crippen LogP contribution in [-0.4, -0.2) is 57.2 Å². The highest BCUT2D eigenvalue weighted by Crippen LogP contribution is 2.28. The van der Waals surface area contributed by atoms with Crippen molar-refractivity contribution in [2.24, 2.45) is 0 Å². The molecule has 1 N–H and O–H groups in total. The number of carboxylic acids is 1. The minimum Gasteiger partial charge on any atom is -0.480 e. The van der Waals surface area contributed by atoms with Crippen LogP contribution < -0.4 is 0 Å². The second kappa shape index (κ2) is 5.95. The lowest BCUT2D eigenvalue weighted by atomic mass is 10.2. The van der Waals surface area contributed by atoms with Crippen molar-refractivity contribution in [1.29, 1.82) is 0 Å². The first kappa shape index (κ1) is 16.9. The van der Waals surface area contributed by atoms with E-state index in [1.165, 1.54) is 24.3 Å². The van der Waals surface area contributed by atoms with E-state index in [1.807, 2.05) is 0 Å². The third-order valence-electron chi connectivity index (χ3n) is 3.16. The predicted octanol–water partition coefficient (Wildman–Crippen LogP) is -0.121. The molecule has 0 bridgehead atoms. The van der Waals surface area contributed by atoms with Gasteiger partial charge in [-0.3, -0.25) is 8.98 Å². The van der Waals surface area contributed by atoms with Crippen molar-refractivity contribution in [3.05, 3.63) is 30.3 Å². The van der Waals surface area contributed by atoms with Crippen LogP contribution in [0.3, 0.4) is 0 Å². The minimum atomic E-state index is -4.04. The average molecular weight is 349 g/mol. The number of carbonyl (C=O) groups is 1. The summed E-state index contributed by atoms with van der Waals surface area (Å²) >= 11 is 0. The zero-order chi connectivity index (χ0) is 16.5. The molecule has 0 aromatic heterocycles. The molecule has 0 radical (unpaired) electrons. The van der Waals surface area contributed by atoms with Crippen LogP contribution in [0.25, 0.3) is 0 Å². The molecule has 0 unspecified atom stereocenters. The average Bonchev–Trinajstić information content (AvgIpc) is 2.82. The van der Waals surface area contributed by atoms with Crippen LogP contribution in [0.15, 0.2) is 35.2 Å². The molecule has 1 aliphatic rings. The summed E-state index contributed by atoms with van der Waals surface area (Å²) in [7, 11) is -7.85. The fraction of sp³-hybridized carbons (Fsp3) is 0.417. The van der Waals surface area contributed by atoms with Gasteiger partial charge < -0.3 is 5.11 Å². The number of aliphatic carboxylic acids is 1. The second-order valence-electron chi connectivity index (χ2n) is 4.90. The maximum Gasteiger partial charge on any atom is 0.322 e. The molecular formula is C12H15NO7S2. The largest absolute Gasteiger partial charge is 0.480 e. The van der Waals surface area contributed by atoms with Crippen LogP contribution in [0.1, 0.15) is 6.42 Å². The van der Waals surface area contributed by atoms with E-state index in [0.717, 1.165) is 10.6 Å². The summed E-state index contributed by atoms with van der Waals surface area (Å²) in [6.45, 7) is -0.332. The van der Waals surface area contributed by atoms with E-state index in [4.69, 9.17) is 4.18 Å². The molecule has 0 spiro atoms. The molecule has 1 fully saturated rings. The quantitative estimate of drug-likeness (QED) is 0.736. The molecule has 1 heterocycles. The Morgan fingerprint density at radius 3 is 2.32 bits per heavy atom. The third kappa shape index (κ3) is 3.64. The maximum absolute atomic E-state index is 12.5. The highest BCUT2D eigenvalue weighted by Gasteiger charge is 2.45. The van der Waals surface area contributed by atoms with Gasteiger partial charge in [0.05, 0.1) is 17.3 Å². The van der Waals surface area contributed by atoms with Crippen LogP contribution in [-0.2, 0) is 29.1 Å². The lowest BCUT2D eigenvalue weighted by Gasteiger charge is -2.20. The van der Waals surface area contributed by atoms with Gasteiger partial charge >= 0.3 is 5.97 Å². The molecule has 8 nitrogen and oxygen atoms in total. The zero-order valence-corrected chi connectivity index (χ0v) is 13.2. The van der Waals surface area contributed by atoms with Crippen molar-refractivity contribution >= 4 is 26.1 Å². The Morgan fingerprint density at radius 1 is 1.23 bits per heavy atom. The van der Waals surface area contributed by atoms with Gasteiger partial charge in [0.2, 0.25) is 10.0 Å². The van der Waals surface area contributed by atoms with Gasteiger partial charge in [-0.1, -0.05) is 18.2 Å². The molecule has 22 heavy (non-hydrogen) atoms. The highest BCUT2D eigenvalue weighted by atomic mass is 32.2. The first-order valence-electron chi connectivity index (χ1n) is 6.29. The molecule has 2 rings (SSSR count). The first-order chi connectivity index (χ1) is 10.1. The van der Waals surface area contributed by atoms with Gasteiger partial charge in [0, 0.05) is 13.0 Å². The van der Waals surface area contributed by atoms with Crippen LogP contribution in [0.2, 0.25) is 0 Å². The number of carboxylic acid groups (broad SMARTS) is 1. The standard InChI is InChI=1S/C12H15NO7S2/c1-21(16,17)20-9-7-11(12(14)15)13(8-9)22(18,19)10-5-3-2-4-6-10/h2-6,9,11H,7-8H2,1H3,(H,14,15)/t9-,11-/m0/s1. The highest BCUT2D eigenvalue weighted by molar-refractivity contribution is 7.89. The Labute approximate surface area is 128 Å². The van der Waals surface area contributed by atoms with Gasteiger partial charge in [-0.05, 0) is 12.1 Å². The van der Waals surface area contributed by atoms with Crippen LogP contribution >= 0.6 is 0 Å². The summed E-state index contributed by atoms with van der Waals surface area (Å²) in [6, 6.07) is 5.99. The smallest absolute Gasteiger partial charge is 0.322 e. The molecular weight excluding hydrogens is 334 g/mol. The molecule has 122 valence electrons. The topological polar surface area (TPSA) is 118 Å². The van der Waals surface area contributed by atoms with Gasteiger partial charge in [-0.2, -0.15) is 12.7 Å². The monoisotopic (exact) mass is 349 g/mol. The van der Waals surface area contributed by atoms with Crippen LogP contribution in [0.5, 0.6) is 0 Å². The Morgan fingerprint density at radius 2 is 1.82 bits per heavy atom. The van der Waals surface area contributed by atoms with Gasteiger partial charge in [0.1, 0.15) is 6.04 Å². The van der Waals surface area contributed by atoms with E-state index < -0.39 is 38.3 Å². The molecule has 1 aliphatic heterocycles. The summed E-state index contributed by atoms with van der Waals surface area (Å²) in [4.78, 5) is 11.2. The Hall–Kier alpha value is -1.49. The molecule has 10 heteroatoms. The lowest BCUT2D eigenvalue weighted by Crippen LogP contribution is -2.40. The molecule has 1 saturated heterocycles. The van der Waals surface area contributed by atoms with E-state index in [0.29, 0.717) is 0 Å². The lowest BCUT2D eigenvalue weighted by molar-refractivity contribution is -0.140. The number of sulfonamides is 1. The maximum atomic E-state index is 12.5. The van der Waals surface area contributed by atoms with E-state index in [-0.39, 0.29) is 17.9 Å². The third-order valence-corrected chi connectivity index (χ3v) is 5.67. The van der Waals surface area contributed by atoms with E-state index in [2.05, 4.69) is 0 Å². The number of nitrogens with zero attached hydrogens (tertiary/aromatic N) is 1. The van der Waals surface area contributed by atoms with Crippen molar-refractivity contribution in [2.75, 3.05) is 12.8 Å². The molecule has 0 amide bonds. The fourth-order valence-electron chi connectivity index (χ4n) is 2.30. The van der Waals surface area contributed by atoms with Crippen molar-refractivity contribution in [3.63, 3.8) is 0 Å². The second-order valence-corrected chi connectivity index (χ2v) is 8.39. The summed E-state index contributed by atoms with van der Waals surface area (Å²) in [6.07, 6.45) is -0.416. The predicted molar refractivity (Wildman–Crippen MR) is 76.1 cm³/mol. The molecule has 0 saturated carbocycles. The van der Waals surface area contributed by atoms with Gasteiger partial charge in [0.15, 0.2) is 0 Å². The fourth-order valence-corrected chi connectivity index (χ4v) is 4.58. The van der Waals surface area contributed by atoms with Crippen LogP contribution in [0.4, 0.5) is 0 Å². The van der Waals surface area contributed by atoms with E-state index in [1.54, 1.807) is 6.07 Å². The molecule has 1 aromatic carbocycles. The van der Waals surface area contributed by atoms with Crippen LogP contribution in [0, 0.1) is 0 Å². The van der Waals surface area contributed by atoms with E-state index >= 15 is 0 Å². The Balaban J connectivity index is 2.34. The number of hydrogen-bond donors (Lipinski definition) is 1. The summed E-state index contributed by atoms with van der Waals surface area (Å²) in [5, 5.41) is 9.20. The number of hydrogen-bond acceptors (Lipinski definition) is 6. The van der Waals surface area contributed by atoms with E-state index in [9.17, 15) is 26.7 Å². The van der Waals surface area contributed by atoms with Crippen molar-refractivity contribution in [1.82, 2.24) is 4.31 Å². The number of rotatable bonds is 5. The van der Waals surface area contributed by atoms with Crippen molar-refractivity contribution in [2.45, 2.75) is 23.5 Å². The summed E-state index contributed by atoms with van der Waals surface area (Å²) in [5.74, 6) is -1.35. The molecule has 1 aromatic rings. The zero-order valence-electron chi connectivity index (χ0n) is 11.6. The van der Waals surface area contributed by atoms with Gasteiger partial charge in [-0.25, -0.2) is 8.42 Å². The minimum absolute atomic E-state index is 0.0544. The summed E-state index contributed by atoms with van der Waals surface area (Å²) < 4.78 is 52.8. The molecule has 0 aliphatic carbocycles. The van der Waals surface area contributed by atoms with Crippen molar-refractivity contribution in [3.8, 4) is 0 Å². The van der Waals surface area contributed by atoms with Gasteiger partial charge in [-0.15, -0.1) is 0 Å². The Bertz CT molecular complexity index is 758. The number of benzene rings is 1.